The molecule has 0 saturated heterocycles. The van der Waals surface area contributed by atoms with Crippen LogP contribution in [0.2, 0.25) is 0 Å². The van der Waals surface area contributed by atoms with Crippen LogP contribution in [0, 0.1) is 0 Å². The normalized spacial score (nSPS) is 11.7. The summed E-state index contributed by atoms with van der Waals surface area (Å²) in [5.41, 5.74) is -4.30. The molecular formula is C10H8F5NO3. The zero-order chi connectivity index (χ0) is 14.8. The van der Waals surface area contributed by atoms with Crippen molar-refractivity contribution in [3.8, 4) is 5.75 Å². The predicted octanol–water partition coefficient (Wildman–Crippen LogP) is 2.92. The number of alkyl halides is 5. The topological polar surface area (TPSA) is 59.4 Å². The summed E-state index contributed by atoms with van der Waals surface area (Å²) in [5, 5.41) is 9.36. The molecule has 1 rings (SSSR count). The highest BCUT2D eigenvalue weighted by Crippen LogP contribution is 2.39. The number of aromatic hydroxyl groups is 1. The van der Waals surface area contributed by atoms with Gasteiger partial charge in [0.05, 0.1) is 12.2 Å². The lowest BCUT2D eigenvalue weighted by Gasteiger charge is -2.14. The summed E-state index contributed by atoms with van der Waals surface area (Å²) in [7, 11) is 0. The minimum Gasteiger partial charge on any atom is -0.505 e. The largest absolute Gasteiger partial charge is 0.505 e. The van der Waals surface area contributed by atoms with E-state index in [1.165, 1.54) is 6.92 Å². The van der Waals surface area contributed by atoms with Crippen molar-refractivity contribution in [1.29, 1.82) is 0 Å². The van der Waals surface area contributed by atoms with Crippen molar-refractivity contribution in [3.63, 3.8) is 0 Å². The summed E-state index contributed by atoms with van der Waals surface area (Å²) < 4.78 is 67.0. The number of ether oxygens (including phenoxy) is 1. The number of hydrogen-bond donors (Lipinski definition) is 1. The first-order chi connectivity index (χ1) is 8.70. The second kappa shape index (κ2) is 5.37. The van der Waals surface area contributed by atoms with Crippen molar-refractivity contribution < 1.29 is 36.6 Å². The molecule has 0 aromatic carbocycles. The summed E-state index contributed by atoms with van der Waals surface area (Å²) in [6.07, 6.45) is -8.30. The van der Waals surface area contributed by atoms with E-state index in [2.05, 4.69) is 9.72 Å². The third kappa shape index (κ3) is 3.09. The smallest absolute Gasteiger partial charge is 0.418 e. The van der Waals surface area contributed by atoms with E-state index in [-0.39, 0.29) is 12.8 Å². The Hall–Kier alpha value is -1.93. The van der Waals surface area contributed by atoms with Crippen molar-refractivity contribution in [1.82, 2.24) is 4.98 Å². The van der Waals surface area contributed by atoms with Gasteiger partial charge in [-0.1, -0.05) is 0 Å². The summed E-state index contributed by atoms with van der Waals surface area (Å²) in [5.74, 6) is -3.07. The van der Waals surface area contributed by atoms with Crippen LogP contribution < -0.4 is 0 Å². The molecule has 4 nitrogen and oxygen atoms in total. The number of carbonyl (C=O) groups excluding carboxylic acids is 1. The standard InChI is InChI=1S/C10H8F5NO3/c1-2-19-9(18)5-4(10(13,14)15)3-16-6(7(5)17)8(11)12/h3,8,17H,2H2,1H3. The molecule has 0 aliphatic heterocycles. The lowest BCUT2D eigenvalue weighted by Crippen LogP contribution is -2.17. The Kier molecular flexibility index (Phi) is 4.28. The molecule has 0 aliphatic rings. The van der Waals surface area contributed by atoms with Crippen molar-refractivity contribution in [3.05, 3.63) is 23.0 Å². The molecule has 9 heteroatoms. The van der Waals surface area contributed by atoms with E-state index in [1.54, 1.807) is 0 Å². The summed E-state index contributed by atoms with van der Waals surface area (Å²) in [4.78, 5) is 14.2. The third-order valence-electron chi connectivity index (χ3n) is 2.07. The maximum Gasteiger partial charge on any atom is 0.418 e. The molecule has 1 aromatic rings. The average Bonchev–Trinajstić information content (AvgIpc) is 2.26. The molecule has 0 saturated carbocycles. The number of esters is 1. The fourth-order valence-electron chi connectivity index (χ4n) is 1.30. The molecule has 0 atom stereocenters. The van der Waals surface area contributed by atoms with E-state index < -0.39 is 41.1 Å². The molecule has 1 heterocycles. The van der Waals surface area contributed by atoms with Gasteiger partial charge >= 0.3 is 12.1 Å². The molecule has 106 valence electrons. The van der Waals surface area contributed by atoms with E-state index in [9.17, 15) is 31.9 Å². The van der Waals surface area contributed by atoms with Crippen molar-refractivity contribution in [2.45, 2.75) is 19.5 Å². The molecule has 0 bridgehead atoms. The quantitative estimate of drug-likeness (QED) is 0.685. The molecule has 0 fully saturated rings. The Labute approximate surface area is 103 Å². The molecular weight excluding hydrogens is 277 g/mol. The SMILES string of the molecule is CCOC(=O)c1c(C(F)(F)F)cnc(C(F)F)c1O. The molecule has 1 aromatic heterocycles. The van der Waals surface area contributed by atoms with Gasteiger partial charge < -0.3 is 9.84 Å². The first-order valence-corrected chi connectivity index (χ1v) is 4.94. The van der Waals surface area contributed by atoms with Gasteiger partial charge in [-0.15, -0.1) is 0 Å². The van der Waals surface area contributed by atoms with E-state index in [0.29, 0.717) is 0 Å². The number of hydrogen-bond acceptors (Lipinski definition) is 4. The van der Waals surface area contributed by atoms with E-state index in [1.807, 2.05) is 0 Å². The van der Waals surface area contributed by atoms with E-state index in [4.69, 9.17) is 0 Å². The average molecular weight is 285 g/mol. The Bertz CT molecular complexity index is 487. The van der Waals surface area contributed by atoms with Crippen LogP contribution in [0.4, 0.5) is 22.0 Å². The molecule has 0 spiro atoms. The van der Waals surface area contributed by atoms with Crippen LogP contribution in [0.5, 0.6) is 5.75 Å². The molecule has 0 unspecified atom stereocenters. The van der Waals surface area contributed by atoms with Gasteiger partial charge in [-0.05, 0) is 6.92 Å². The van der Waals surface area contributed by atoms with Crippen molar-refractivity contribution in [2.75, 3.05) is 6.61 Å². The van der Waals surface area contributed by atoms with Crippen molar-refractivity contribution >= 4 is 5.97 Å². The van der Waals surface area contributed by atoms with Crippen LogP contribution in [0.25, 0.3) is 0 Å². The van der Waals surface area contributed by atoms with Crippen LogP contribution in [-0.4, -0.2) is 22.7 Å². The number of pyridine rings is 1. The zero-order valence-electron chi connectivity index (χ0n) is 9.46. The first kappa shape index (κ1) is 15.1. The van der Waals surface area contributed by atoms with Crippen LogP contribution in [-0.2, 0) is 10.9 Å². The summed E-state index contributed by atoms with van der Waals surface area (Å²) in [6.45, 7) is 1.04. The number of rotatable bonds is 3. The Morgan fingerprint density at radius 1 is 1.47 bits per heavy atom. The number of nitrogens with zero attached hydrogens (tertiary/aromatic N) is 1. The maximum absolute atomic E-state index is 12.6. The Balaban J connectivity index is 3.51. The molecule has 19 heavy (non-hydrogen) atoms. The fourth-order valence-corrected chi connectivity index (χ4v) is 1.30. The summed E-state index contributed by atoms with van der Waals surface area (Å²) in [6, 6.07) is 0. The number of halogens is 5. The Morgan fingerprint density at radius 2 is 2.05 bits per heavy atom. The van der Waals surface area contributed by atoms with Gasteiger partial charge in [0, 0.05) is 6.20 Å². The minimum atomic E-state index is -5.03. The predicted molar refractivity (Wildman–Crippen MR) is 51.8 cm³/mol. The van der Waals surface area contributed by atoms with E-state index in [0.717, 1.165) is 0 Å². The van der Waals surface area contributed by atoms with Gasteiger partial charge in [0.2, 0.25) is 0 Å². The highest BCUT2D eigenvalue weighted by atomic mass is 19.4. The highest BCUT2D eigenvalue weighted by Gasteiger charge is 2.39. The zero-order valence-corrected chi connectivity index (χ0v) is 9.46. The number of aromatic nitrogens is 1. The molecule has 0 radical (unpaired) electrons. The van der Waals surface area contributed by atoms with Gasteiger partial charge in [-0.3, -0.25) is 4.98 Å². The van der Waals surface area contributed by atoms with Crippen LogP contribution in [0.3, 0.4) is 0 Å². The van der Waals surface area contributed by atoms with Crippen molar-refractivity contribution in [2.24, 2.45) is 0 Å². The van der Waals surface area contributed by atoms with Crippen LogP contribution in [0.1, 0.15) is 35.0 Å². The third-order valence-corrected chi connectivity index (χ3v) is 2.07. The molecule has 1 N–H and O–H groups in total. The highest BCUT2D eigenvalue weighted by molar-refractivity contribution is 5.94. The van der Waals surface area contributed by atoms with E-state index >= 15 is 0 Å². The second-order valence-corrected chi connectivity index (χ2v) is 3.30. The van der Waals surface area contributed by atoms with Crippen LogP contribution >= 0.6 is 0 Å². The van der Waals surface area contributed by atoms with Gasteiger partial charge in [-0.25, -0.2) is 13.6 Å². The summed E-state index contributed by atoms with van der Waals surface area (Å²) >= 11 is 0. The Morgan fingerprint density at radius 3 is 2.47 bits per heavy atom. The fraction of sp³-hybridized carbons (Fsp3) is 0.400. The van der Waals surface area contributed by atoms with Gasteiger partial charge in [0.25, 0.3) is 6.43 Å². The lowest BCUT2D eigenvalue weighted by molar-refractivity contribution is -0.138. The van der Waals surface area contributed by atoms with Gasteiger partial charge in [0.1, 0.15) is 11.3 Å². The number of carbonyl (C=O) groups is 1. The first-order valence-electron chi connectivity index (χ1n) is 4.94. The second-order valence-electron chi connectivity index (χ2n) is 3.30. The maximum atomic E-state index is 12.6. The van der Waals surface area contributed by atoms with Gasteiger partial charge in [0.15, 0.2) is 5.75 Å². The lowest BCUT2D eigenvalue weighted by atomic mass is 10.1. The monoisotopic (exact) mass is 285 g/mol. The van der Waals surface area contributed by atoms with Crippen LogP contribution in [0.15, 0.2) is 6.20 Å². The van der Waals surface area contributed by atoms with Gasteiger partial charge in [-0.2, -0.15) is 13.2 Å². The minimum absolute atomic E-state index is 0.0630. The molecule has 0 amide bonds. The molecule has 0 aliphatic carbocycles.